The molecule has 1 aromatic heterocycles. The second-order valence-corrected chi connectivity index (χ2v) is 7.60. The highest BCUT2D eigenvalue weighted by Gasteiger charge is 2.11. The second kappa shape index (κ2) is 10.4. The van der Waals surface area contributed by atoms with E-state index in [0.29, 0.717) is 12.2 Å². The summed E-state index contributed by atoms with van der Waals surface area (Å²) in [5.41, 5.74) is 3.94. The van der Waals surface area contributed by atoms with Gasteiger partial charge in [0.15, 0.2) is 0 Å². The van der Waals surface area contributed by atoms with Gasteiger partial charge in [0.05, 0.1) is 11.2 Å². The second-order valence-electron chi connectivity index (χ2n) is 7.60. The smallest absolute Gasteiger partial charge is 0.328 e. The molecule has 32 heavy (non-hydrogen) atoms. The maximum Gasteiger partial charge on any atom is 0.328 e. The van der Waals surface area contributed by atoms with Gasteiger partial charge in [-0.15, -0.1) is 0 Å². The Morgan fingerprint density at radius 3 is 2.09 bits per heavy atom. The molecule has 164 valence electrons. The Bertz CT molecular complexity index is 1250. The number of hydrogen-bond acceptors (Lipinski definition) is 3. The summed E-state index contributed by atoms with van der Waals surface area (Å²) in [7, 11) is 4.26. The third kappa shape index (κ3) is 5.62. The van der Waals surface area contributed by atoms with Crippen molar-refractivity contribution in [2.24, 2.45) is 0 Å². The van der Waals surface area contributed by atoms with Crippen LogP contribution in [-0.4, -0.2) is 52.3 Å². The molecule has 0 aliphatic heterocycles. The summed E-state index contributed by atoms with van der Waals surface area (Å²) in [6, 6.07) is 23.9. The fraction of sp³-hybridized carbons (Fsp3) is 0.154. The monoisotopic (exact) mass is 430 g/mol. The number of aliphatic carboxylic acids is 2. The maximum atomic E-state index is 9.55. The summed E-state index contributed by atoms with van der Waals surface area (Å²) in [6.07, 6.45) is 4.49. The number of nitrogens with zero attached hydrogens (tertiary/aromatic N) is 2. The van der Waals surface area contributed by atoms with Gasteiger partial charge in [-0.3, -0.25) is 0 Å². The maximum absolute atomic E-state index is 9.55. The number of aromatic nitrogens is 1. The largest absolute Gasteiger partial charge is 0.478 e. The number of para-hydroxylation sites is 1. The van der Waals surface area contributed by atoms with Crippen LogP contribution in [0.4, 0.5) is 0 Å². The fourth-order valence-corrected chi connectivity index (χ4v) is 3.55. The molecule has 0 atom stereocenters. The summed E-state index contributed by atoms with van der Waals surface area (Å²) in [5, 5.41) is 19.6. The average molecular weight is 431 g/mol. The Morgan fingerprint density at radius 1 is 0.844 bits per heavy atom. The molecule has 0 aliphatic carbocycles. The third-order valence-corrected chi connectivity index (χ3v) is 5.02. The van der Waals surface area contributed by atoms with E-state index in [1.807, 2.05) is 0 Å². The van der Waals surface area contributed by atoms with Crippen molar-refractivity contribution in [3.05, 3.63) is 90.6 Å². The summed E-state index contributed by atoms with van der Waals surface area (Å²) in [4.78, 5) is 21.3. The highest BCUT2D eigenvalue weighted by molar-refractivity contribution is 5.94. The minimum absolute atomic E-state index is 0.558. The lowest BCUT2D eigenvalue weighted by Crippen LogP contribution is -2.14. The minimum Gasteiger partial charge on any atom is -0.478 e. The van der Waals surface area contributed by atoms with Crippen molar-refractivity contribution < 1.29 is 19.8 Å². The zero-order chi connectivity index (χ0) is 23.1. The fourth-order valence-electron chi connectivity index (χ4n) is 3.55. The van der Waals surface area contributed by atoms with Crippen molar-refractivity contribution >= 4 is 33.6 Å². The number of carboxylic acids is 2. The van der Waals surface area contributed by atoms with Gasteiger partial charge < -0.3 is 19.7 Å². The van der Waals surface area contributed by atoms with Crippen LogP contribution in [0.25, 0.3) is 27.4 Å². The number of rotatable bonds is 6. The molecule has 0 radical (unpaired) electrons. The topological polar surface area (TPSA) is 82.8 Å². The molecule has 3 aromatic carbocycles. The van der Waals surface area contributed by atoms with E-state index < -0.39 is 11.9 Å². The number of carbonyl (C=O) groups is 2. The molecule has 0 saturated heterocycles. The van der Waals surface area contributed by atoms with E-state index in [1.165, 1.54) is 32.9 Å². The molecule has 6 nitrogen and oxygen atoms in total. The van der Waals surface area contributed by atoms with Gasteiger partial charge in [0.2, 0.25) is 0 Å². The van der Waals surface area contributed by atoms with E-state index >= 15 is 0 Å². The standard InChI is InChI=1S/C22H22N2.C4H4O4/c1-23(2)15-14-18-16-24(21-12-6-5-11-20(18)21)22-13-7-9-17-8-3-4-10-19(17)22;5-3(6)1-2-4(7)8/h3-13,16H,14-15H2,1-2H3;1-2H,(H,5,6)(H,7,8)/b;2-1+. The van der Waals surface area contributed by atoms with E-state index in [0.717, 1.165) is 13.0 Å². The molecule has 0 bridgehead atoms. The van der Waals surface area contributed by atoms with Crippen LogP contribution in [-0.2, 0) is 16.0 Å². The molecule has 6 heteroatoms. The molecule has 4 rings (SSSR count). The predicted octanol–water partition coefficient (Wildman–Crippen LogP) is 4.60. The molecule has 0 saturated carbocycles. The van der Waals surface area contributed by atoms with Gasteiger partial charge in [0.25, 0.3) is 0 Å². The van der Waals surface area contributed by atoms with Crippen LogP contribution in [0, 0.1) is 0 Å². The van der Waals surface area contributed by atoms with Gasteiger partial charge in [-0.1, -0.05) is 54.6 Å². The number of hydrogen-bond donors (Lipinski definition) is 2. The number of likely N-dealkylation sites (N-methyl/N-ethyl adjacent to an activating group) is 1. The molecule has 4 aromatic rings. The Morgan fingerprint density at radius 2 is 1.44 bits per heavy atom. The molecule has 1 heterocycles. The van der Waals surface area contributed by atoms with E-state index in [1.54, 1.807) is 0 Å². The summed E-state index contributed by atoms with van der Waals surface area (Å²) in [5.74, 6) is -2.51. The van der Waals surface area contributed by atoms with Crippen molar-refractivity contribution in [1.29, 1.82) is 0 Å². The molecule has 0 aliphatic rings. The van der Waals surface area contributed by atoms with Gasteiger partial charge in [0, 0.05) is 35.7 Å². The molecule has 2 N–H and O–H groups in total. The molecular weight excluding hydrogens is 404 g/mol. The van der Waals surface area contributed by atoms with Crippen LogP contribution in [0.3, 0.4) is 0 Å². The van der Waals surface area contributed by atoms with Gasteiger partial charge >= 0.3 is 11.9 Å². The number of carboxylic acid groups (broad SMARTS) is 2. The third-order valence-electron chi connectivity index (χ3n) is 5.02. The van der Waals surface area contributed by atoms with Crippen molar-refractivity contribution in [2.75, 3.05) is 20.6 Å². The van der Waals surface area contributed by atoms with Crippen molar-refractivity contribution in [3.8, 4) is 5.69 Å². The van der Waals surface area contributed by atoms with E-state index in [4.69, 9.17) is 10.2 Å². The zero-order valence-electron chi connectivity index (χ0n) is 18.1. The van der Waals surface area contributed by atoms with E-state index in [-0.39, 0.29) is 0 Å². The van der Waals surface area contributed by atoms with Crippen molar-refractivity contribution in [3.63, 3.8) is 0 Å². The Balaban J connectivity index is 0.000000312. The summed E-state index contributed by atoms with van der Waals surface area (Å²) >= 11 is 0. The van der Waals surface area contributed by atoms with Crippen LogP contribution >= 0.6 is 0 Å². The van der Waals surface area contributed by atoms with Gasteiger partial charge in [-0.25, -0.2) is 9.59 Å². The van der Waals surface area contributed by atoms with Crippen LogP contribution in [0.2, 0.25) is 0 Å². The zero-order valence-corrected chi connectivity index (χ0v) is 18.1. The van der Waals surface area contributed by atoms with Crippen LogP contribution < -0.4 is 0 Å². The van der Waals surface area contributed by atoms with E-state index in [9.17, 15) is 9.59 Å². The first kappa shape index (κ1) is 22.8. The predicted molar refractivity (Wildman–Crippen MR) is 127 cm³/mol. The SMILES string of the molecule is CN(C)CCc1cn(-c2cccc3ccccc23)c2ccccc12.O=C(O)/C=C/C(=O)O. The number of fused-ring (bicyclic) bond motifs is 2. The molecular formula is C26H26N2O4. The summed E-state index contributed by atoms with van der Waals surface area (Å²) in [6.45, 7) is 1.06. The Hall–Kier alpha value is -3.90. The number of benzene rings is 3. The average Bonchev–Trinajstić information content (AvgIpc) is 3.15. The first-order chi connectivity index (χ1) is 15.4. The van der Waals surface area contributed by atoms with Gasteiger partial charge in [-0.05, 0) is 43.6 Å². The molecule has 0 fully saturated rings. The minimum atomic E-state index is -1.26. The van der Waals surface area contributed by atoms with Gasteiger partial charge in [-0.2, -0.15) is 0 Å². The first-order valence-corrected chi connectivity index (χ1v) is 10.2. The quantitative estimate of drug-likeness (QED) is 0.437. The van der Waals surface area contributed by atoms with Crippen LogP contribution in [0.1, 0.15) is 5.56 Å². The lowest BCUT2D eigenvalue weighted by Gasteiger charge is -2.09. The van der Waals surface area contributed by atoms with E-state index in [2.05, 4.69) is 96.5 Å². The van der Waals surface area contributed by atoms with Crippen molar-refractivity contribution in [1.82, 2.24) is 9.47 Å². The van der Waals surface area contributed by atoms with Crippen molar-refractivity contribution in [2.45, 2.75) is 6.42 Å². The lowest BCUT2D eigenvalue weighted by molar-refractivity contribution is -0.134. The Labute approximate surface area is 186 Å². The highest BCUT2D eigenvalue weighted by Crippen LogP contribution is 2.29. The van der Waals surface area contributed by atoms with Crippen LogP contribution in [0.5, 0.6) is 0 Å². The normalized spacial score (nSPS) is 11.1. The van der Waals surface area contributed by atoms with Crippen LogP contribution in [0.15, 0.2) is 85.1 Å². The first-order valence-electron chi connectivity index (χ1n) is 10.2. The van der Waals surface area contributed by atoms with Gasteiger partial charge in [0.1, 0.15) is 0 Å². The highest BCUT2D eigenvalue weighted by atomic mass is 16.4. The summed E-state index contributed by atoms with van der Waals surface area (Å²) < 4.78 is 2.35. The Kier molecular flexibility index (Phi) is 7.41. The lowest BCUT2D eigenvalue weighted by atomic mass is 10.1. The molecule has 0 amide bonds. The molecule has 0 spiro atoms. The molecule has 0 unspecified atom stereocenters.